The molecule has 0 saturated carbocycles. The van der Waals surface area contributed by atoms with E-state index < -0.39 is 4.92 Å². The van der Waals surface area contributed by atoms with Crippen molar-refractivity contribution in [3.05, 3.63) is 50.1 Å². The molecule has 0 unspecified atom stereocenters. The summed E-state index contributed by atoms with van der Waals surface area (Å²) in [4.78, 5) is 15.9. The normalized spacial score (nSPS) is 11.3. The smallest absolute Gasteiger partial charge is 0.288 e. The monoisotopic (exact) mass is 377 g/mol. The lowest BCUT2D eigenvalue weighted by molar-refractivity contribution is -0.384. The summed E-state index contributed by atoms with van der Waals surface area (Å²) in [7, 11) is 0. The molecule has 0 amide bonds. The largest absolute Gasteiger partial charge is 0.369 e. The minimum Gasteiger partial charge on any atom is -0.369 e. The second-order valence-electron chi connectivity index (χ2n) is 5.03. The molecule has 0 aliphatic rings. The van der Waals surface area contributed by atoms with Gasteiger partial charge in [0, 0.05) is 22.7 Å². The van der Waals surface area contributed by atoms with Crippen molar-refractivity contribution < 1.29 is 4.92 Å². The number of nitro benzene ring substituents is 1. The number of nitrogens with zero attached hydrogens (tertiary/aromatic N) is 5. The van der Waals surface area contributed by atoms with E-state index in [9.17, 15) is 10.1 Å². The van der Waals surface area contributed by atoms with Gasteiger partial charge in [-0.2, -0.15) is 5.10 Å². The zero-order valence-electron chi connectivity index (χ0n) is 12.9. The number of hydrogen-bond donors (Lipinski definition) is 2. The van der Waals surface area contributed by atoms with E-state index in [1.807, 2.05) is 16.7 Å². The number of hydrogen-bond acceptors (Lipinski definition) is 6. The van der Waals surface area contributed by atoms with Crippen LogP contribution < -0.4 is 11.5 Å². The van der Waals surface area contributed by atoms with Gasteiger partial charge in [0.1, 0.15) is 5.02 Å². The average Bonchev–Trinajstić information content (AvgIpc) is 3.08. The van der Waals surface area contributed by atoms with Crippen molar-refractivity contribution in [3.8, 4) is 11.3 Å². The molecule has 128 valence electrons. The van der Waals surface area contributed by atoms with Crippen LogP contribution in [0, 0.1) is 17.0 Å². The molecule has 0 aliphatic carbocycles. The molecule has 0 radical (unpaired) electrons. The lowest BCUT2D eigenvalue weighted by atomic mass is 10.1. The van der Waals surface area contributed by atoms with E-state index in [0.29, 0.717) is 17.0 Å². The highest BCUT2D eigenvalue weighted by molar-refractivity contribution is 7.15. The maximum atomic E-state index is 11.1. The number of nitrogens with two attached hydrogens (primary N) is 2. The SMILES string of the molecule is Cc1csc2nc(-c3ccc(Cl)c([N+](=O)[O-])c3)c(/C=N/N=C(N)N)n12. The predicted molar refractivity (Wildman–Crippen MR) is 98.3 cm³/mol. The third-order valence-corrected chi connectivity index (χ3v) is 4.60. The lowest BCUT2D eigenvalue weighted by Gasteiger charge is -2.02. The fourth-order valence-corrected chi connectivity index (χ4v) is 3.36. The van der Waals surface area contributed by atoms with E-state index in [1.165, 1.54) is 29.7 Å². The number of fused-ring (bicyclic) bond motifs is 1. The molecule has 0 fully saturated rings. The van der Waals surface area contributed by atoms with E-state index in [4.69, 9.17) is 23.1 Å². The molecule has 1 aromatic carbocycles. The Labute approximate surface area is 150 Å². The van der Waals surface area contributed by atoms with E-state index in [0.717, 1.165) is 10.7 Å². The van der Waals surface area contributed by atoms with E-state index >= 15 is 0 Å². The number of aromatic nitrogens is 2. The zero-order valence-corrected chi connectivity index (χ0v) is 14.5. The molecule has 11 heteroatoms. The molecule has 4 N–H and O–H groups in total. The molecule has 3 rings (SSSR count). The maximum Gasteiger partial charge on any atom is 0.288 e. The van der Waals surface area contributed by atoms with Crippen LogP contribution in [0.3, 0.4) is 0 Å². The van der Waals surface area contributed by atoms with Crippen molar-refractivity contribution in [2.24, 2.45) is 21.7 Å². The Bertz CT molecular complexity index is 1030. The lowest BCUT2D eigenvalue weighted by Crippen LogP contribution is -2.21. The molecular weight excluding hydrogens is 366 g/mol. The molecule has 3 aromatic rings. The molecule has 9 nitrogen and oxygen atoms in total. The number of guanidine groups is 1. The Kier molecular flexibility index (Phi) is 4.38. The van der Waals surface area contributed by atoms with E-state index in [-0.39, 0.29) is 16.7 Å². The van der Waals surface area contributed by atoms with Gasteiger partial charge in [-0.3, -0.25) is 14.5 Å². The van der Waals surface area contributed by atoms with Crippen LogP contribution in [-0.4, -0.2) is 26.5 Å². The van der Waals surface area contributed by atoms with Crippen LogP contribution in [0.25, 0.3) is 16.2 Å². The Morgan fingerprint density at radius 3 is 2.92 bits per heavy atom. The van der Waals surface area contributed by atoms with Gasteiger partial charge in [0.2, 0.25) is 5.96 Å². The van der Waals surface area contributed by atoms with Crippen molar-refractivity contribution in [1.82, 2.24) is 9.38 Å². The summed E-state index contributed by atoms with van der Waals surface area (Å²) in [6, 6.07) is 4.50. The summed E-state index contributed by atoms with van der Waals surface area (Å²) in [6.07, 6.45) is 1.45. The minimum absolute atomic E-state index is 0.0571. The molecule has 25 heavy (non-hydrogen) atoms. The fourth-order valence-electron chi connectivity index (χ4n) is 2.30. The van der Waals surface area contributed by atoms with Gasteiger partial charge in [0.15, 0.2) is 4.96 Å². The number of benzene rings is 1. The third-order valence-electron chi connectivity index (χ3n) is 3.34. The Morgan fingerprint density at radius 1 is 1.48 bits per heavy atom. The van der Waals surface area contributed by atoms with Crippen molar-refractivity contribution in [1.29, 1.82) is 0 Å². The van der Waals surface area contributed by atoms with Gasteiger partial charge < -0.3 is 11.5 Å². The average molecular weight is 378 g/mol. The number of aryl methyl sites for hydroxylation is 1. The summed E-state index contributed by atoms with van der Waals surface area (Å²) < 4.78 is 1.87. The number of rotatable bonds is 4. The van der Waals surface area contributed by atoms with Crippen LogP contribution in [0.2, 0.25) is 5.02 Å². The Hall–Kier alpha value is -2.98. The second-order valence-corrected chi connectivity index (χ2v) is 6.28. The van der Waals surface area contributed by atoms with Gasteiger partial charge >= 0.3 is 0 Å². The first-order valence-corrected chi connectivity index (χ1v) is 8.17. The zero-order chi connectivity index (χ0) is 18.1. The summed E-state index contributed by atoms with van der Waals surface area (Å²) >= 11 is 7.32. The van der Waals surface area contributed by atoms with Crippen LogP contribution in [-0.2, 0) is 0 Å². The van der Waals surface area contributed by atoms with Crippen molar-refractivity contribution in [3.63, 3.8) is 0 Å². The van der Waals surface area contributed by atoms with Gasteiger partial charge in [-0.05, 0) is 13.0 Å². The van der Waals surface area contributed by atoms with Gasteiger partial charge in [-0.1, -0.05) is 17.7 Å². The Morgan fingerprint density at radius 2 is 2.24 bits per heavy atom. The van der Waals surface area contributed by atoms with Crippen LogP contribution in [0.4, 0.5) is 5.69 Å². The molecule has 0 aliphatic heterocycles. The molecule has 0 saturated heterocycles. The molecule has 0 spiro atoms. The molecule has 2 heterocycles. The quantitative estimate of drug-likeness (QED) is 0.311. The highest BCUT2D eigenvalue weighted by atomic mass is 35.5. The van der Waals surface area contributed by atoms with Gasteiger partial charge in [-0.15, -0.1) is 16.4 Å². The topological polar surface area (TPSA) is 137 Å². The molecule has 0 bridgehead atoms. The van der Waals surface area contributed by atoms with Crippen molar-refractivity contribution in [2.75, 3.05) is 0 Å². The Balaban J connectivity index is 2.22. The van der Waals surface area contributed by atoms with Crippen LogP contribution in [0.1, 0.15) is 11.4 Å². The number of nitro groups is 1. The standard InChI is InChI=1S/C14H12ClN7O2S/c1-7-6-25-14-19-12(11(21(7)14)5-18-20-13(16)17)8-2-3-9(15)10(4-8)22(23)24/h2-6H,1H3,(H4,16,17,20)/b18-5+. The highest BCUT2D eigenvalue weighted by Gasteiger charge is 2.19. The molecule has 2 aromatic heterocycles. The van der Waals surface area contributed by atoms with Gasteiger partial charge in [-0.25, -0.2) is 4.98 Å². The summed E-state index contributed by atoms with van der Waals surface area (Å²) in [5.74, 6) is -0.178. The second kappa shape index (κ2) is 6.49. The first-order chi connectivity index (χ1) is 11.9. The van der Waals surface area contributed by atoms with Crippen molar-refractivity contribution in [2.45, 2.75) is 6.92 Å². The molecular formula is C14H12ClN7O2S. The van der Waals surface area contributed by atoms with Crippen molar-refractivity contribution >= 4 is 45.8 Å². The number of thiazole rings is 1. The van der Waals surface area contributed by atoms with Crippen LogP contribution in [0.15, 0.2) is 33.8 Å². The van der Waals surface area contributed by atoms with Crippen LogP contribution >= 0.6 is 22.9 Å². The van der Waals surface area contributed by atoms with E-state index in [2.05, 4.69) is 15.2 Å². The van der Waals surface area contributed by atoms with E-state index in [1.54, 1.807) is 6.07 Å². The highest BCUT2D eigenvalue weighted by Crippen LogP contribution is 2.33. The summed E-state index contributed by atoms with van der Waals surface area (Å²) in [5, 5.41) is 20.6. The third kappa shape index (κ3) is 3.16. The first kappa shape index (κ1) is 16.9. The maximum absolute atomic E-state index is 11.1. The number of halogens is 1. The molecule has 0 atom stereocenters. The van der Waals surface area contributed by atoms with Gasteiger partial charge in [0.25, 0.3) is 5.69 Å². The summed E-state index contributed by atoms with van der Waals surface area (Å²) in [5.41, 5.74) is 13.0. The minimum atomic E-state index is -0.539. The fraction of sp³-hybridized carbons (Fsp3) is 0.0714. The number of imidazole rings is 1. The first-order valence-electron chi connectivity index (χ1n) is 6.91. The van der Waals surface area contributed by atoms with Crippen LogP contribution in [0.5, 0.6) is 0 Å². The predicted octanol–water partition coefficient (Wildman–Crippen LogP) is 2.54. The van der Waals surface area contributed by atoms with Gasteiger partial charge in [0.05, 0.1) is 22.5 Å². The summed E-state index contributed by atoms with van der Waals surface area (Å²) in [6.45, 7) is 1.91.